The van der Waals surface area contributed by atoms with Gasteiger partial charge in [-0.1, -0.05) is 42.5 Å². The number of aryl methyl sites for hydroxylation is 1. The molecule has 0 N–H and O–H groups in total. The Balaban J connectivity index is 1.32. The zero-order valence-electron chi connectivity index (χ0n) is 14.6. The van der Waals surface area contributed by atoms with E-state index in [-0.39, 0.29) is 12.0 Å². The largest absolute Gasteiger partial charge is 0.480 e. The molecule has 0 radical (unpaired) electrons. The van der Waals surface area contributed by atoms with Crippen molar-refractivity contribution in [3.05, 3.63) is 65.2 Å². The quantitative estimate of drug-likeness (QED) is 0.864. The number of carbonyl (C=O) groups is 1. The summed E-state index contributed by atoms with van der Waals surface area (Å²) in [5.41, 5.74) is 3.84. The molecule has 4 rings (SSSR count). The molecule has 4 nitrogen and oxygen atoms in total. The average molecular weight is 336 g/mol. The Morgan fingerprint density at radius 3 is 2.52 bits per heavy atom. The van der Waals surface area contributed by atoms with Crippen LogP contribution in [-0.2, 0) is 17.8 Å². The topological polar surface area (TPSA) is 32.8 Å². The van der Waals surface area contributed by atoms with Gasteiger partial charge in [0.15, 0.2) is 6.10 Å². The third-order valence-corrected chi connectivity index (χ3v) is 5.26. The molecule has 0 spiro atoms. The Morgan fingerprint density at radius 1 is 1.04 bits per heavy atom. The summed E-state index contributed by atoms with van der Waals surface area (Å²) in [5.74, 6) is 0.991. The predicted molar refractivity (Wildman–Crippen MR) is 97.6 cm³/mol. The standard InChI is InChI=1S/C21H24N2O2/c1-16-6-2-3-8-18(16)15-22-10-12-23(13-11-22)21(24)20-14-17-7-4-5-9-19(17)25-20/h2-9,20H,10-15H2,1H3/t20-/m0/s1. The molecule has 1 saturated heterocycles. The van der Waals surface area contributed by atoms with Gasteiger partial charge >= 0.3 is 0 Å². The van der Waals surface area contributed by atoms with Gasteiger partial charge < -0.3 is 9.64 Å². The Morgan fingerprint density at radius 2 is 1.76 bits per heavy atom. The first-order valence-electron chi connectivity index (χ1n) is 9.01. The van der Waals surface area contributed by atoms with Gasteiger partial charge in [-0.05, 0) is 29.7 Å². The maximum atomic E-state index is 12.8. The fourth-order valence-electron chi connectivity index (χ4n) is 3.68. The van der Waals surface area contributed by atoms with Crippen LogP contribution in [0.15, 0.2) is 48.5 Å². The lowest BCUT2D eigenvalue weighted by atomic mass is 10.1. The second-order valence-corrected chi connectivity index (χ2v) is 6.95. The smallest absolute Gasteiger partial charge is 0.264 e. The Kier molecular flexibility index (Phi) is 4.45. The van der Waals surface area contributed by atoms with Gasteiger partial charge in [-0.15, -0.1) is 0 Å². The van der Waals surface area contributed by atoms with Crippen LogP contribution in [0.5, 0.6) is 5.75 Å². The van der Waals surface area contributed by atoms with Crippen molar-refractivity contribution in [2.45, 2.75) is 26.0 Å². The Hall–Kier alpha value is -2.33. The minimum Gasteiger partial charge on any atom is -0.480 e. The van der Waals surface area contributed by atoms with Gasteiger partial charge in [0.05, 0.1) is 0 Å². The number of carbonyl (C=O) groups excluding carboxylic acids is 1. The highest BCUT2D eigenvalue weighted by atomic mass is 16.5. The van der Waals surface area contributed by atoms with Gasteiger partial charge in [0, 0.05) is 39.1 Å². The van der Waals surface area contributed by atoms with Crippen LogP contribution in [0.3, 0.4) is 0 Å². The molecular formula is C21H24N2O2. The fraction of sp³-hybridized carbons (Fsp3) is 0.381. The van der Waals surface area contributed by atoms with Crippen LogP contribution in [0.25, 0.3) is 0 Å². The van der Waals surface area contributed by atoms with Gasteiger partial charge in [-0.3, -0.25) is 9.69 Å². The highest BCUT2D eigenvalue weighted by Gasteiger charge is 2.33. The monoisotopic (exact) mass is 336 g/mol. The van der Waals surface area contributed by atoms with E-state index >= 15 is 0 Å². The number of para-hydroxylation sites is 1. The average Bonchev–Trinajstić information content (AvgIpc) is 3.08. The summed E-state index contributed by atoms with van der Waals surface area (Å²) < 4.78 is 5.86. The van der Waals surface area contributed by atoms with Crippen LogP contribution in [-0.4, -0.2) is 48.0 Å². The second-order valence-electron chi connectivity index (χ2n) is 6.95. The minimum absolute atomic E-state index is 0.131. The highest BCUT2D eigenvalue weighted by Crippen LogP contribution is 2.29. The van der Waals surface area contributed by atoms with Gasteiger partial charge in [0.1, 0.15) is 5.75 Å². The van der Waals surface area contributed by atoms with E-state index in [2.05, 4.69) is 36.1 Å². The molecule has 4 heteroatoms. The van der Waals surface area contributed by atoms with Crippen molar-refractivity contribution in [1.82, 2.24) is 9.80 Å². The normalized spacial score (nSPS) is 20.2. The molecule has 25 heavy (non-hydrogen) atoms. The van der Waals surface area contributed by atoms with E-state index in [9.17, 15) is 4.79 Å². The summed E-state index contributed by atoms with van der Waals surface area (Å²) >= 11 is 0. The van der Waals surface area contributed by atoms with E-state index in [0.29, 0.717) is 6.42 Å². The number of hydrogen-bond acceptors (Lipinski definition) is 3. The van der Waals surface area contributed by atoms with Crippen LogP contribution in [0.2, 0.25) is 0 Å². The first kappa shape index (κ1) is 16.2. The number of amides is 1. The lowest BCUT2D eigenvalue weighted by Crippen LogP contribution is -2.51. The Bertz CT molecular complexity index is 741. The molecule has 2 aromatic carbocycles. The summed E-state index contributed by atoms with van der Waals surface area (Å²) in [6.07, 6.45) is 0.346. The number of ether oxygens (including phenoxy) is 1. The highest BCUT2D eigenvalue weighted by molar-refractivity contribution is 5.82. The number of fused-ring (bicyclic) bond motifs is 1. The molecule has 130 valence electrons. The molecule has 2 aliphatic rings. The molecule has 2 aromatic rings. The summed E-state index contributed by atoms with van der Waals surface area (Å²) in [6.45, 7) is 6.51. The molecule has 0 aliphatic carbocycles. The van der Waals surface area contributed by atoms with E-state index < -0.39 is 0 Å². The molecule has 2 heterocycles. The summed E-state index contributed by atoms with van der Waals surface area (Å²) in [5, 5.41) is 0. The first-order chi connectivity index (χ1) is 12.2. The third kappa shape index (κ3) is 3.40. The first-order valence-corrected chi connectivity index (χ1v) is 9.01. The minimum atomic E-state index is -0.347. The SMILES string of the molecule is Cc1ccccc1CN1CCN(C(=O)[C@@H]2Cc3ccccc3O2)CC1. The lowest BCUT2D eigenvalue weighted by molar-refractivity contribution is -0.139. The summed E-state index contributed by atoms with van der Waals surface area (Å²) in [4.78, 5) is 17.2. The molecule has 0 saturated carbocycles. The van der Waals surface area contributed by atoms with Gasteiger partial charge in [-0.2, -0.15) is 0 Å². The van der Waals surface area contributed by atoms with Crippen LogP contribution in [0.4, 0.5) is 0 Å². The number of piperazine rings is 1. The van der Waals surface area contributed by atoms with Gasteiger partial charge in [0.2, 0.25) is 0 Å². The third-order valence-electron chi connectivity index (χ3n) is 5.26. The molecule has 0 bridgehead atoms. The molecule has 1 atom stereocenters. The van der Waals surface area contributed by atoms with E-state index in [1.807, 2.05) is 29.2 Å². The van der Waals surface area contributed by atoms with Crippen molar-refractivity contribution in [2.75, 3.05) is 26.2 Å². The van der Waals surface area contributed by atoms with Crippen molar-refractivity contribution in [1.29, 1.82) is 0 Å². The van der Waals surface area contributed by atoms with E-state index in [0.717, 1.165) is 44.0 Å². The number of hydrogen-bond donors (Lipinski definition) is 0. The molecule has 0 unspecified atom stereocenters. The number of benzene rings is 2. The van der Waals surface area contributed by atoms with Crippen molar-refractivity contribution < 1.29 is 9.53 Å². The Labute approximate surface area is 149 Å². The van der Waals surface area contributed by atoms with Gasteiger partial charge in [0.25, 0.3) is 5.91 Å². The summed E-state index contributed by atoms with van der Waals surface area (Å²) in [6, 6.07) is 16.5. The molecule has 0 aromatic heterocycles. The maximum absolute atomic E-state index is 12.8. The van der Waals surface area contributed by atoms with Crippen molar-refractivity contribution in [3.8, 4) is 5.75 Å². The lowest BCUT2D eigenvalue weighted by Gasteiger charge is -2.35. The molecular weight excluding hydrogens is 312 g/mol. The fourth-order valence-corrected chi connectivity index (χ4v) is 3.68. The predicted octanol–water partition coefficient (Wildman–Crippen LogP) is 2.64. The number of rotatable bonds is 3. The maximum Gasteiger partial charge on any atom is 0.264 e. The molecule has 1 amide bonds. The van der Waals surface area contributed by atoms with E-state index in [4.69, 9.17) is 4.74 Å². The zero-order valence-corrected chi connectivity index (χ0v) is 14.6. The van der Waals surface area contributed by atoms with Gasteiger partial charge in [-0.25, -0.2) is 0 Å². The van der Waals surface area contributed by atoms with Crippen LogP contribution in [0.1, 0.15) is 16.7 Å². The van der Waals surface area contributed by atoms with Crippen molar-refractivity contribution >= 4 is 5.91 Å². The number of nitrogens with zero attached hydrogens (tertiary/aromatic N) is 2. The zero-order chi connectivity index (χ0) is 17.2. The van der Waals surface area contributed by atoms with Crippen LogP contribution in [0, 0.1) is 6.92 Å². The van der Waals surface area contributed by atoms with Crippen LogP contribution < -0.4 is 4.74 Å². The van der Waals surface area contributed by atoms with E-state index in [1.165, 1.54) is 11.1 Å². The summed E-state index contributed by atoms with van der Waals surface area (Å²) in [7, 11) is 0. The molecule has 2 aliphatic heterocycles. The van der Waals surface area contributed by atoms with Crippen molar-refractivity contribution in [3.63, 3.8) is 0 Å². The van der Waals surface area contributed by atoms with Crippen molar-refractivity contribution in [2.24, 2.45) is 0 Å². The second kappa shape index (κ2) is 6.89. The van der Waals surface area contributed by atoms with Crippen LogP contribution >= 0.6 is 0 Å². The van der Waals surface area contributed by atoms with E-state index in [1.54, 1.807) is 0 Å². The molecule has 1 fully saturated rings.